The average molecular weight is 399 g/mol. The van der Waals surface area contributed by atoms with Crippen molar-refractivity contribution in [2.45, 2.75) is 6.61 Å². The van der Waals surface area contributed by atoms with Gasteiger partial charge in [0.05, 0.1) is 6.61 Å². The fraction of sp³-hybridized carbons (Fsp3) is 0.185. The minimum Gasteiger partial charge on any atom is -0.392 e. The molecule has 0 aromatic heterocycles. The molecule has 0 fully saturated rings. The van der Waals surface area contributed by atoms with Gasteiger partial charge in [-0.15, -0.1) is 0 Å². The SMILES string of the molecule is CN(C)c1ccc(/C=C/c2cc(/C=C/c3ccc(N(C)C)cc3)cc(CO)c2)cc1. The number of aliphatic hydroxyl groups is 1. The number of rotatable bonds is 7. The summed E-state index contributed by atoms with van der Waals surface area (Å²) in [6.07, 6.45) is 8.38. The average Bonchev–Trinajstić information content (AvgIpc) is 2.76. The number of aliphatic hydroxyl groups excluding tert-OH is 1. The summed E-state index contributed by atoms with van der Waals surface area (Å²) in [5.41, 5.74) is 7.70. The van der Waals surface area contributed by atoms with E-state index in [0.717, 1.165) is 27.8 Å². The number of hydrogen-bond acceptors (Lipinski definition) is 3. The molecule has 3 aromatic carbocycles. The minimum atomic E-state index is 0.0254. The maximum atomic E-state index is 9.66. The summed E-state index contributed by atoms with van der Waals surface area (Å²) in [7, 11) is 8.15. The first-order valence-corrected chi connectivity index (χ1v) is 10.1. The molecular weight excluding hydrogens is 368 g/mol. The van der Waals surface area contributed by atoms with E-state index in [2.05, 4.69) is 88.7 Å². The van der Waals surface area contributed by atoms with Crippen molar-refractivity contribution in [1.29, 1.82) is 0 Å². The Morgan fingerprint density at radius 1 is 0.567 bits per heavy atom. The smallest absolute Gasteiger partial charge is 0.0682 e. The first-order chi connectivity index (χ1) is 14.4. The zero-order valence-electron chi connectivity index (χ0n) is 18.2. The van der Waals surface area contributed by atoms with E-state index in [0.29, 0.717) is 0 Å². The Morgan fingerprint density at radius 2 is 0.933 bits per heavy atom. The van der Waals surface area contributed by atoms with Gasteiger partial charge in [0, 0.05) is 39.6 Å². The van der Waals surface area contributed by atoms with Gasteiger partial charge in [0.1, 0.15) is 0 Å². The fourth-order valence-electron chi connectivity index (χ4n) is 3.18. The van der Waals surface area contributed by atoms with Crippen molar-refractivity contribution < 1.29 is 5.11 Å². The molecule has 0 heterocycles. The Hall–Kier alpha value is -3.30. The standard InChI is InChI=1S/C27H30N2O/c1-28(2)26-13-9-21(10-14-26)5-7-23-17-24(19-25(18-23)20-30)8-6-22-11-15-27(16-12-22)29(3)4/h5-19,30H,20H2,1-4H3/b7-5+,8-6+. The molecule has 3 nitrogen and oxygen atoms in total. The first kappa shape index (κ1) is 21.4. The number of anilines is 2. The zero-order valence-corrected chi connectivity index (χ0v) is 18.2. The molecule has 0 spiro atoms. The van der Waals surface area contributed by atoms with Gasteiger partial charge in [-0.05, 0) is 70.3 Å². The minimum absolute atomic E-state index is 0.0254. The van der Waals surface area contributed by atoms with Crippen LogP contribution in [0.25, 0.3) is 24.3 Å². The van der Waals surface area contributed by atoms with Crippen molar-refractivity contribution in [2.24, 2.45) is 0 Å². The lowest BCUT2D eigenvalue weighted by Gasteiger charge is -2.11. The quantitative estimate of drug-likeness (QED) is 0.521. The normalized spacial score (nSPS) is 11.4. The third kappa shape index (κ3) is 5.85. The van der Waals surface area contributed by atoms with Gasteiger partial charge in [0.2, 0.25) is 0 Å². The van der Waals surface area contributed by atoms with Crippen molar-refractivity contribution in [3.63, 3.8) is 0 Å². The topological polar surface area (TPSA) is 26.7 Å². The van der Waals surface area contributed by atoms with Crippen LogP contribution in [0.15, 0.2) is 66.7 Å². The van der Waals surface area contributed by atoms with Crippen molar-refractivity contribution in [1.82, 2.24) is 0 Å². The number of nitrogens with zero attached hydrogens (tertiary/aromatic N) is 2. The molecule has 0 aliphatic rings. The number of hydrogen-bond donors (Lipinski definition) is 1. The van der Waals surface area contributed by atoms with Crippen LogP contribution in [-0.2, 0) is 6.61 Å². The predicted octanol–water partition coefficient (Wildman–Crippen LogP) is 5.65. The van der Waals surface area contributed by atoms with Gasteiger partial charge in [-0.1, -0.05) is 48.6 Å². The van der Waals surface area contributed by atoms with Gasteiger partial charge in [0.25, 0.3) is 0 Å². The van der Waals surface area contributed by atoms with Crippen molar-refractivity contribution in [3.8, 4) is 0 Å². The van der Waals surface area contributed by atoms with Gasteiger partial charge in [-0.2, -0.15) is 0 Å². The highest BCUT2D eigenvalue weighted by molar-refractivity contribution is 5.75. The maximum Gasteiger partial charge on any atom is 0.0682 e. The molecule has 0 amide bonds. The second-order valence-electron chi connectivity index (χ2n) is 7.80. The summed E-state index contributed by atoms with van der Waals surface area (Å²) < 4.78 is 0. The molecule has 0 radical (unpaired) electrons. The summed E-state index contributed by atoms with van der Waals surface area (Å²) in [6.45, 7) is 0.0254. The van der Waals surface area contributed by atoms with Crippen LogP contribution in [0.5, 0.6) is 0 Å². The Kier molecular flexibility index (Phi) is 7.10. The number of benzene rings is 3. The highest BCUT2D eigenvalue weighted by Crippen LogP contribution is 2.19. The Labute approximate surface area is 180 Å². The lowest BCUT2D eigenvalue weighted by Crippen LogP contribution is -2.07. The molecule has 154 valence electrons. The van der Waals surface area contributed by atoms with E-state index in [-0.39, 0.29) is 6.61 Å². The van der Waals surface area contributed by atoms with E-state index in [9.17, 15) is 5.11 Å². The summed E-state index contributed by atoms with van der Waals surface area (Å²) >= 11 is 0. The van der Waals surface area contributed by atoms with Crippen LogP contribution >= 0.6 is 0 Å². The van der Waals surface area contributed by atoms with E-state index >= 15 is 0 Å². The van der Waals surface area contributed by atoms with Crippen LogP contribution in [0.4, 0.5) is 11.4 Å². The molecule has 0 aliphatic carbocycles. The molecular formula is C27H30N2O. The van der Waals surface area contributed by atoms with E-state index in [4.69, 9.17) is 0 Å². The molecule has 30 heavy (non-hydrogen) atoms. The molecule has 0 unspecified atom stereocenters. The molecule has 3 rings (SSSR count). The summed E-state index contributed by atoms with van der Waals surface area (Å²) in [5, 5.41) is 9.66. The third-order valence-electron chi connectivity index (χ3n) is 4.98. The highest BCUT2D eigenvalue weighted by atomic mass is 16.3. The van der Waals surface area contributed by atoms with Crippen molar-refractivity contribution in [2.75, 3.05) is 38.0 Å². The molecule has 0 atom stereocenters. The zero-order chi connectivity index (χ0) is 21.5. The summed E-state index contributed by atoms with van der Waals surface area (Å²) in [6, 6.07) is 23.1. The molecule has 0 saturated carbocycles. The second-order valence-corrected chi connectivity index (χ2v) is 7.80. The molecule has 3 heteroatoms. The monoisotopic (exact) mass is 398 g/mol. The van der Waals surface area contributed by atoms with Crippen LogP contribution < -0.4 is 9.80 Å². The fourth-order valence-corrected chi connectivity index (χ4v) is 3.18. The third-order valence-corrected chi connectivity index (χ3v) is 4.98. The van der Waals surface area contributed by atoms with E-state index < -0.39 is 0 Å². The second kappa shape index (κ2) is 9.95. The van der Waals surface area contributed by atoms with E-state index in [1.54, 1.807) is 0 Å². The van der Waals surface area contributed by atoms with Gasteiger partial charge >= 0.3 is 0 Å². The molecule has 0 bridgehead atoms. The summed E-state index contributed by atoms with van der Waals surface area (Å²) in [4.78, 5) is 4.18. The molecule has 3 aromatic rings. The van der Waals surface area contributed by atoms with Crippen molar-refractivity contribution >= 4 is 35.7 Å². The largest absolute Gasteiger partial charge is 0.392 e. The van der Waals surface area contributed by atoms with Crippen LogP contribution in [0.2, 0.25) is 0 Å². The molecule has 0 aliphatic heterocycles. The predicted molar refractivity (Wildman–Crippen MR) is 132 cm³/mol. The Bertz CT molecular complexity index is 934. The van der Waals surface area contributed by atoms with E-state index in [1.807, 2.05) is 40.3 Å². The lowest BCUT2D eigenvalue weighted by molar-refractivity contribution is 0.282. The first-order valence-electron chi connectivity index (χ1n) is 10.1. The van der Waals surface area contributed by atoms with Gasteiger partial charge in [0.15, 0.2) is 0 Å². The highest BCUT2D eigenvalue weighted by Gasteiger charge is 1.99. The van der Waals surface area contributed by atoms with Crippen molar-refractivity contribution in [3.05, 3.63) is 94.5 Å². The Morgan fingerprint density at radius 3 is 1.27 bits per heavy atom. The van der Waals surface area contributed by atoms with Gasteiger partial charge in [-0.3, -0.25) is 0 Å². The van der Waals surface area contributed by atoms with E-state index in [1.165, 1.54) is 11.4 Å². The van der Waals surface area contributed by atoms with Gasteiger partial charge < -0.3 is 14.9 Å². The van der Waals surface area contributed by atoms with Crippen LogP contribution in [0.3, 0.4) is 0 Å². The van der Waals surface area contributed by atoms with Crippen LogP contribution in [0, 0.1) is 0 Å². The maximum absolute atomic E-state index is 9.66. The van der Waals surface area contributed by atoms with Crippen LogP contribution in [-0.4, -0.2) is 33.3 Å². The van der Waals surface area contributed by atoms with Gasteiger partial charge in [-0.25, -0.2) is 0 Å². The Balaban J connectivity index is 1.79. The summed E-state index contributed by atoms with van der Waals surface area (Å²) in [5.74, 6) is 0. The lowest BCUT2D eigenvalue weighted by atomic mass is 10.0. The molecule has 0 saturated heterocycles. The van der Waals surface area contributed by atoms with Crippen LogP contribution in [0.1, 0.15) is 27.8 Å². The molecule has 1 N–H and O–H groups in total.